The number of benzene rings is 1. The predicted octanol–water partition coefficient (Wildman–Crippen LogP) is 4.07. The summed E-state index contributed by atoms with van der Waals surface area (Å²) in [7, 11) is 0. The van der Waals surface area contributed by atoms with Crippen LogP contribution in [0.4, 0.5) is 5.69 Å². The van der Waals surface area contributed by atoms with Crippen LogP contribution in [0, 0.1) is 24.7 Å². The molecule has 110 valence electrons. The third kappa shape index (κ3) is 3.23. The Morgan fingerprint density at radius 3 is 2.55 bits per heavy atom. The van der Waals surface area contributed by atoms with Crippen LogP contribution in [0.1, 0.15) is 39.2 Å². The van der Waals surface area contributed by atoms with Gasteiger partial charge < -0.3 is 4.90 Å². The second-order valence-corrected chi connectivity index (χ2v) is 6.42. The highest BCUT2D eigenvalue weighted by atomic mass is 16.1. The molecule has 0 heterocycles. The zero-order valence-electron chi connectivity index (χ0n) is 13.2. The molecule has 3 atom stereocenters. The average Bonchev–Trinajstić information content (AvgIpc) is 2.39. The van der Waals surface area contributed by atoms with Crippen LogP contribution in [0.15, 0.2) is 24.3 Å². The highest BCUT2D eigenvalue weighted by Crippen LogP contribution is 2.32. The first-order valence-electron chi connectivity index (χ1n) is 7.86. The van der Waals surface area contributed by atoms with Crippen molar-refractivity contribution in [1.29, 1.82) is 0 Å². The summed E-state index contributed by atoms with van der Waals surface area (Å²) in [6.45, 7) is 10.6. The first-order chi connectivity index (χ1) is 9.52. The van der Waals surface area contributed by atoms with Gasteiger partial charge in [0.05, 0.1) is 0 Å². The minimum Gasteiger partial charge on any atom is -0.371 e. The molecule has 0 amide bonds. The van der Waals surface area contributed by atoms with Gasteiger partial charge in [-0.15, -0.1) is 0 Å². The monoisotopic (exact) mass is 273 g/mol. The van der Waals surface area contributed by atoms with E-state index in [1.807, 2.05) is 0 Å². The van der Waals surface area contributed by atoms with Crippen molar-refractivity contribution in [1.82, 2.24) is 0 Å². The van der Waals surface area contributed by atoms with E-state index in [1.54, 1.807) is 0 Å². The molecule has 20 heavy (non-hydrogen) atoms. The van der Waals surface area contributed by atoms with Crippen molar-refractivity contribution < 1.29 is 4.79 Å². The lowest BCUT2D eigenvalue weighted by Crippen LogP contribution is -2.40. The first-order valence-corrected chi connectivity index (χ1v) is 7.86. The van der Waals surface area contributed by atoms with E-state index in [-0.39, 0.29) is 5.92 Å². The van der Waals surface area contributed by atoms with Gasteiger partial charge in [0.15, 0.2) is 0 Å². The van der Waals surface area contributed by atoms with Crippen molar-refractivity contribution in [3.05, 3.63) is 29.8 Å². The van der Waals surface area contributed by atoms with Gasteiger partial charge in [-0.2, -0.15) is 0 Å². The Balaban J connectivity index is 2.14. The molecule has 2 heteroatoms. The van der Waals surface area contributed by atoms with Crippen LogP contribution in [-0.4, -0.2) is 18.9 Å². The molecule has 1 aromatic rings. The Kier molecular flexibility index (Phi) is 4.85. The minimum atomic E-state index is 0.200. The zero-order chi connectivity index (χ0) is 14.7. The van der Waals surface area contributed by atoms with Crippen LogP contribution in [0.5, 0.6) is 0 Å². The molecule has 1 aliphatic rings. The lowest BCUT2D eigenvalue weighted by atomic mass is 9.74. The topological polar surface area (TPSA) is 20.3 Å². The molecule has 0 spiro atoms. The fraction of sp³-hybridized carbons (Fsp3) is 0.611. The highest BCUT2D eigenvalue weighted by Gasteiger charge is 2.33. The van der Waals surface area contributed by atoms with Crippen molar-refractivity contribution in [2.75, 3.05) is 18.0 Å². The van der Waals surface area contributed by atoms with E-state index >= 15 is 0 Å². The standard InChI is InChI=1S/C18H27NO/c1-5-19(17-9-7-6-8-14(17)3)12-16-15(4)10-13(2)11-18(16)20/h6-9,13,15-16H,5,10-12H2,1-4H3. The summed E-state index contributed by atoms with van der Waals surface area (Å²) in [6.07, 6.45) is 1.95. The average molecular weight is 273 g/mol. The number of nitrogens with zero attached hydrogens (tertiary/aromatic N) is 1. The maximum absolute atomic E-state index is 12.4. The molecule has 0 aliphatic heterocycles. The van der Waals surface area contributed by atoms with E-state index in [0.29, 0.717) is 17.6 Å². The SMILES string of the molecule is CCN(CC1C(=O)CC(C)CC1C)c1ccccc1C. The molecule has 1 aromatic carbocycles. The summed E-state index contributed by atoms with van der Waals surface area (Å²) in [5, 5.41) is 0. The predicted molar refractivity (Wildman–Crippen MR) is 85.1 cm³/mol. The molecule has 1 fully saturated rings. The maximum Gasteiger partial charge on any atom is 0.138 e. The van der Waals surface area contributed by atoms with Gasteiger partial charge in [-0.25, -0.2) is 0 Å². The molecular formula is C18H27NO. The third-order valence-electron chi connectivity index (χ3n) is 4.68. The molecule has 1 aliphatic carbocycles. The van der Waals surface area contributed by atoms with Gasteiger partial charge in [0.25, 0.3) is 0 Å². The number of anilines is 1. The number of rotatable bonds is 4. The smallest absolute Gasteiger partial charge is 0.138 e. The van der Waals surface area contributed by atoms with E-state index in [2.05, 4.69) is 56.9 Å². The van der Waals surface area contributed by atoms with E-state index in [0.717, 1.165) is 19.5 Å². The number of ketones is 1. The molecule has 2 rings (SSSR count). The Bertz CT molecular complexity index is 468. The van der Waals surface area contributed by atoms with Gasteiger partial charge in [-0.3, -0.25) is 4.79 Å². The van der Waals surface area contributed by atoms with E-state index in [9.17, 15) is 4.79 Å². The maximum atomic E-state index is 12.4. The van der Waals surface area contributed by atoms with Gasteiger partial charge in [-0.05, 0) is 43.7 Å². The van der Waals surface area contributed by atoms with Crippen LogP contribution in [0.3, 0.4) is 0 Å². The van der Waals surface area contributed by atoms with Gasteiger partial charge >= 0.3 is 0 Å². The number of aryl methyl sites for hydroxylation is 1. The Morgan fingerprint density at radius 1 is 1.25 bits per heavy atom. The normalized spacial score (nSPS) is 26.6. The Morgan fingerprint density at radius 2 is 1.95 bits per heavy atom. The molecule has 0 N–H and O–H groups in total. The van der Waals surface area contributed by atoms with Crippen LogP contribution < -0.4 is 4.90 Å². The van der Waals surface area contributed by atoms with E-state index < -0.39 is 0 Å². The van der Waals surface area contributed by atoms with Crippen molar-refractivity contribution in [2.45, 2.75) is 40.5 Å². The van der Waals surface area contributed by atoms with E-state index in [1.165, 1.54) is 17.7 Å². The number of Topliss-reactive ketones (excluding diaryl/α,β-unsaturated/α-hetero) is 1. The lowest BCUT2D eigenvalue weighted by Gasteiger charge is -2.36. The molecule has 0 radical (unpaired) electrons. The van der Waals surface area contributed by atoms with Crippen molar-refractivity contribution >= 4 is 11.5 Å². The van der Waals surface area contributed by atoms with Crippen molar-refractivity contribution in [3.63, 3.8) is 0 Å². The number of para-hydroxylation sites is 1. The second-order valence-electron chi connectivity index (χ2n) is 6.42. The molecular weight excluding hydrogens is 246 g/mol. The summed E-state index contributed by atoms with van der Waals surface area (Å²) in [5.74, 6) is 1.72. The first kappa shape index (κ1) is 15.1. The highest BCUT2D eigenvalue weighted by molar-refractivity contribution is 5.83. The van der Waals surface area contributed by atoms with Crippen LogP contribution in [-0.2, 0) is 4.79 Å². The summed E-state index contributed by atoms with van der Waals surface area (Å²) in [5.41, 5.74) is 2.56. The second kappa shape index (κ2) is 6.43. The van der Waals surface area contributed by atoms with E-state index in [4.69, 9.17) is 0 Å². The van der Waals surface area contributed by atoms with Gasteiger partial charge in [0.1, 0.15) is 5.78 Å². The van der Waals surface area contributed by atoms with Gasteiger partial charge in [-0.1, -0.05) is 32.0 Å². The van der Waals surface area contributed by atoms with Crippen molar-refractivity contribution in [2.24, 2.45) is 17.8 Å². The fourth-order valence-corrected chi connectivity index (χ4v) is 3.53. The Labute approximate surface area is 123 Å². The largest absolute Gasteiger partial charge is 0.371 e. The number of carbonyl (C=O) groups excluding carboxylic acids is 1. The third-order valence-corrected chi connectivity index (χ3v) is 4.68. The molecule has 0 saturated heterocycles. The van der Waals surface area contributed by atoms with Crippen LogP contribution in [0.2, 0.25) is 0 Å². The summed E-state index contributed by atoms with van der Waals surface area (Å²) in [4.78, 5) is 14.7. The molecule has 0 aromatic heterocycles. The summed E-state index contributed by atoms with van der Waals surface area (Å²) >= 11 is 0. The summed E-state index contributed by atoms with van der Waals surface area (Å²) < 4.78 is 0. The Hall–Kier alpha value is -1.31. The molecule has 1 saturated carbocycles. The van der Waals surface area contributed by atoms with Crippen molar-refractivity contribution in [3.8, 4) is 0 Å². The quantitative estimate of drug-likeness (QED) is 0.824. The van der Waals surface area contributed by atoms with Crippen LogP contribution >= 0.6 is 0 Å². The number of carbonyl (C=O) groups is 1. The van der Waals surface area contributed by atoms with Gasteiger partial charge in [0, 0.05) is 31.1 Å². The summed E-state index contributed by atoms with van der Waals surface area (Å²) in [6, 6.07) is 8.47. The minimum absolute atomic E-state index is 0.200. The molecule has 2 nitrogen and oxygen atoms in total. The molecule has 0 bridgehead atoms. The van der Waals surface area contributed by atoms with Crippen LogP contribution in [0.25, 0.3) is 0 Å². The molecule has 3 unspecified atom stereocenters. The number of hydrogen-bond acceptors (Lipinski definition) is 2. The fourth-order valence-electron chi connectivity index (χ4n) is 3.53. The van der Waals surface area contributed by atoms with Gasteiger partial charge in [0.2, 0.25) is 0 Å². The lowest BCUT2D eigenvalue weighted by molar-refractivity contribution is -0.127. The number of hydrogen-bond donors (Lipinski definition) is 0. The zero-order valence-corrected chi connectivity index (χ0v) is 13.2.